The van der Waals surface area contributed by atoms with E-state index in [1.165, 1.54) is 21.1 Å². The molecular weight excluding hydrogens is 438 g/mol. The third-order valence-corrected chi connectivity index (χ3v) is 5.13. The van der Waals surface area contributed by atoms with Crippen molar-refractivity contribution < 1.29 is 28.6 Å². The summed E-state index contributed by atoms with van der Waals surface area (Å²) in [5.74, 6) is -0.151. The van der Waals surface area contributed by atoms with E-state index in [-0.39, 0.29) is 11.0 Å². The van der Waals surface area contributed by atoms with Crippen molar-refractivity contribution in [1.29, 1.82) is 0 Å². The molecule has 1 aromatic rings. The fraction of sp³-hybridized carbons (Fsp3) is 0.389. The second-order valence-electron chi connectivity index (χ2n) is 5.95. The first-order valence-corrected chi connectivity index (χ1v) is 9.69. The maximum absolute atomic E-state index is 12.6. The lowest BCUT2D eigenvalue weighted by Crippen LogP contribution is -2.42. The molecule has 0 radical (unpaired) electrons. The molecule has 27 heavy (non-hydrogen) atoms. The Bertz CT molecular complexity index is 807. The van der Waals surface area contributed by atoms with E-state index in [0.29, 0.717) is 21.5 Å². The van der Waals surface area contributed by atoms with Crippen LogP contribution >= 0.6 is 27.7 Å². The van der Waals surface area contributed by atoms with Crippen LogP contribution in [0.5, 0.6) is 11.5 Å². The number of esters is 1. The normalized spacial score (nSPS) is 16.9. The highest BCUT2D eigenvalue weighted by molar-refractivity contribution is 9.10. The molecule has 0 aromatic heterocycles. The van der Waals surface area contributed by atoms with Gasteiger partial charge >= 0.3 is 5.97 Å². The standard InChI is InChI=1S/C18H20BrNO6S/c1-9(2)26-15-12(19)6-11(7-13(15)24-4)8-14-16(21)20(18(23)27-14)10(3)17(22)25-5/h6-10H,1-5H3/b14-8+. The molecule has 1 aliphatic rings. The second-order valence-corrected chi connectivity index (χ2v) is 7.80. The minimum absolute atomic E-state index is 0.0441. The van der Waals surface area contributed by atoms with Crippen molar-refractivity contribution in [2.75, 3.05) is 14.2 Å². The summed E-state index contributed by atoms with van der Waals surface area (Å²) in [5, 5.41) is -0.519. The average Bonchev–Trinajstić information content (AvgIpc) is 2.88. The van der Waals surface area contributed by atoms with Crippen molar-refractivity contribution in [3.05, 3.63) is 27.1 Å². The third kappa shape index (κ3) is 4.65. The number of benzene rings is 1. The van der Waals surface area contributed by atoms with E-state index < -0.39 is 23.2 Å². The van der Waals surface area contributed by atoms with Gasteiger partial charge in [0, 0.05) is 0 Å². The number of ether oxygens (including phenoxy) is 3. The molecule has 9 heteroatoms. The Balaban J connectivity index is 2.36. The number of carbonyl (C=O) groups is 3. The molecule has 1 aliphatic heterocycles. The first-order valence-electron chi connectivity index (χ1n) is 8.08. The minimum Gasteiger partial charge on any atom is -0.493 e. The van der Waals surface area contributed by atoms with Gasteiger partial charge in [-0.15, -0.1) is 0 Å². The zero-order valence-electron chi connectivity index (χ0n) is 15.6. The Kier molecular flexibility index (Phi) is 6.94. The third-order valence-electron chi connectivity index (χ3n) is 3.66. The van der Waals surface area contributed by atoms with E-state index in [0.717, 1.165) is 16.7 Å². The number of amides is 2. The monoisotopic (exact) mass is 457 g/mol. The Hall–Kier alpha value is -2.00. The van der Waals surface area contributed by atoms with Gasteiger partial charge < -0.3 is 14.2 Å². The van der Waals surface area contributed by atoms with Crippen LogP contribution in [0.4, 0.5) is 4.79 Å². The maximum atomic E-state index is 12.6. The predicted octanol–water partition coefficient (Wildman–Crippen LogP) is 3.84. The van der Waals surface area contributed by atoms with Crippen LogP contribution in [0.3, 0.4) is 0 Å². The topological polar surface area (TPSA) is 82.1 Å². The zero-order chi connectivity index (χ0) is 20.3. The lowest BCUT2D eigenvalue weighted by molar-refractivity contribution is -0.148. The maximum Gasteiger partial charge on any atom is 0.328 e. The molecule has 2 amide bonds. The number of nitrogens with zero attached hydrogens (tertiary/aromatic N) is 1. The SMILES string of the molecule is COC(=O)C(C)N1C(=O)S/C(=C/c2cc(Br)c(OC(C)C)c(OC)c2)C1=O. The summed E-state index contributed by atoms with van der Waals surface area (Å²) in [5.41, 5.74) is 0.644. The van der Waals surface area contributed by atoms with Crippen LogP contribution in [-0.4, -0.2) is 48.4 Å². The summed E-state index contributed by atoms with van der Waals surface area (Å²) in [6.45, 7) is 5.25. The zero-order valence-corrected chi connectivity index (χ0v) is 18.0. The van der Waals surface area contributed by atoms with Gasteiger partial charge in [-0.1, -0.05) is 0 Å². The van der Waals surface area contributed by atoms with E-state index in [1.54, 1.807) is 18.2 Å². The van der Waals surface area contributed by atoms with Crippen LogP contribution in [0.25, 0.3) is 6.08 Å². The Labute approximate surface area is 170 Å². The van der Waals surface area contributed by atoms with E-state index in [9.17, 15) is 14.4 Å². The highest BCUT2D eigenvalue weighted by Crippen LogP contribution is 2.39. The Morgan fingerprint density at radius 1 is 1.22 bits per heavy atom. The van der Waals surface area contributed by atoms with Gasteiger partial charge in [-0.3, -0.25) is 14.5 Å². The summed E-state index contributed by atoms with van der Waals surface area (Å²) in [7, 11) is 2.73. The van der Waals surface area contributed by atoms with Crippen LogP contribution < -0.4 is 9.47 Å². The predicted molar refractivity (Wildman–Crippen MR) is 106 cm³/mol. The molecule has 2 rings (SSSR count). The second kappa shape index (κ2) is 8.79. The molecule has 146 valence electrons. The van der Waals surface area contributed by atoms with E-state index in [1.807, 2.05) is 13.8 Å². The molecule has 1 unspecified atom stereocenters. The van der Waals surface area contributed by atoms with Crippen LogP contribution in [0.1, 0.15) is 26.3 Å². The van der Waals surface area contributed by atoms with Gasteiger partial charge in [0.25, 0.3) is 11.1 Å². The average molecular weight is 458 g/mol. The van der Waals surface area contributed by atoms with Crippen molar-refractivity contribution in [1.82, 2.24) is 4.90 Å². The van der Waals surface area contributed by atoms with Gasteiger partial charge in [0.15, 0.2) is 11.5 Å². The molecule has 1 atom stereocenters. The summed E-state index contributed by atoms with van der Waals surface area (Å²) in [6, 6.07) is 2.48. The molecule has 1 saturated heterocycles. The van der Waals surface area contributed by atoms with Crippen molar-refractivity contribution in [3.63, 3.8) is 0 Å². The van der Waals surface area contributed by atoms with Gasteiger partial charge in [0.05, 0.1) is 29.7 Å². The van der Waals surface area contributed by atoms with Crippen LogP contribution in [0, 0.1) is 0 Å². The summed E-state index contributed by atoms with van der Waals surface area (Å²) < 4.78 is 16.4. The van der Waals surface area contributed by atoms with Crippen molar-refractivity contribution in [2.24, 2.45) is 0 Å². The highest BCUT2D eigenvalue weighted by atomic mass is 79.9. The lowest BCUT2D eigenvalue weighted by Gasteiger charge is -2.18. The number of carbonyl (C=O) groups excluding carboxylic acids is 3. The molecule has 0 saturated carbocycles. The van der Waals surface area contributed by atoms with Crippen molar-refractivity contribution in [3.8, 4) is 11.5 Å². The number of hydrogen-bond donors (Lipinski definition) is 0. The number of methoxy groups -OCH3 is 2. The van der Waals surface area contributed by atoms with Crippen molar-refractivity contribution >= 4 is 50.9 Å². The number of imide groups is 1. The van der Waals surface area contributed by atoms with Gasteiger partial charge in [-0.25, -0.2) is 4.79 Å². The quantitative estimate of drug-likeness (QED) is 0.473. The smallest absolute Gasteiger partial charge is 0.328 e. The largest absolute Gasteiger partial charge is 0.493 e. The number of thioether (sulfide) groups is 1. The van der Waals surface area contributed by atoms with Crippen LogP contribution in [0.15, 0.2) is 21.5 Å². The summed E-state index contributed by atoms with van der Waals surface area (Å²) in [6.07, 6.45) is 1.53. The van der Waals surface area contributed by atoms with Gasteiger partial charge in [-0.2, -0.15) is 0 Å². The first-order chi connectivity index (χ1) is 12.7. The lowest BCUT2D eigenvalue weighted by atomic mass is 10.1. The molecule has 1 heterocycles. The van der Waals surface area contributed by atoms with E-state index >= 15 is 0 Å². The fourth-order valence-electron chi connectivity index (χ4n) is 2.41. The fourth-order valence-corrected chi connectivity index (χ4v) is 3.88. The Morgan fingerprint density at radius 3 is 2.44 bits per heavy atom. The minimum atomic E-state index is -0.989. The summed E-state index contributed by atoms with van der Waals surface area (Å²) in [4.78, 5) is 37.5. The van der Waals surface area contributed by atoms with Crippen molar-refractivity contribution in [2.45, 2.75) is 32.9 Å². The highest BCUT2D eigenvalue weighted by Gasteiger charge is 2.41. The molecule has 7 nitrogen and oxygen atoms in total. The van der Waals surface area contributed by atoms with Crippen LogP contribution in [-0.2, 0) is 14.3 Å². The van der Waals surface area contributed by atoms with Gasteiger partial charge in [0.1, 0.15) is 6.04 Å². The van der Waals surface area contributed by atoms with E-state index in [4.69, 9.17) is 9.47 Å². The number of halogens is 1. The van der Waals surface area contributed by atoms with Crippen LogP contribution in [0.2, 0.25) is 0 Å². The molecule has 0 spiro atoms. The molecular formula is C18H20BrNO6S. The number of rotatable bonds is 6. The molecule has 0 N–H and O–H groups in total. The molecule has 1 aromatic carbocycles. The van der Waals surface area contributed by atoms with Gasteiger partial charge in [0.2, 0.25) is 0 Å². The molecule has 0 aliphatic carbocycles. The van der Waals surface area contributed by atoms with Gasteiger partial charge in [-0.05, 0) is 72.2 Å². The van der Waals surface area contributed by atoms with E-state index in [2.05, 4.69) is 20.7 Å². The first kappa shape index (κ1) is 21.3. The summed E-state index contributed by atoms with van der Waals surface area (Å²) >= 11 is 4.21. The Morgan fingerprint density at radius 2 is 1.89 bits per heavy atom. The molecule has 0 bridgehead atoms. The molecule has 1 fully saturated rings. The number of hydrogen-bond acceptors (Lipinski definition) is 7.